The van der Waals surface area contributed by atoms with Crippen molar-refractivity contribution in [2.75, 3.05) is 0 Å². The summed E-state index contributed by atoms with van der Waals surface area (Å²) in [6.07, 6.45) is 0. The van der Waals surface area contributed by atoms with Crippen molar-refractivity contribution in [1.29, 1.82) is 0 Å². The molecule has 2 aromatic carbocycles. The first-order valence-electron chi connectivity index (χ1n) is 4.71. The van der Waals surface area contributed by atoms with Crippen molar-refractivity contribution < 1.29 is 0 Å². The second-order valence-electron chi connectivity index (χ2n) is 3.45. The molecule has 0 aromatic heterocycles. The number of hydrogen-bond donors (Lipinski definition) is 0. The smallest absolute Gasteiger partial charge is 0.0403 e. The fraction of sp³-hybridized carbons (Fsp3) is 0. The predicted octanol–water partition coefficient (Wildman–Crippen LogP) is 6.98. The molecular formula is C12H4I6. The van der Waals surface area contributed by atoms with Crippen molar-refractivity contribution in [3.63, 3.8) is 0 Å². The zero-order valence-electron chi connectivity index (χ0n) is 8.58. The maximum atomic E-state index is 2.45. The lowest BCUT2D eigenvalue weighted by molar-refractivity contribution is 1.46. The molecule has 0 nitrogen and oxygen atoms in total. The topological polar surface area (TPSA) is 0 Å². The highest BCUT2D eigenvalue weighted by Gasteiger charge is 2.14. The van der Waals surface area contributed by atoms with Crippen LogP contribution in [0.4, 0.5) is 0 Å². The van der Waals surface area contributed by atoms with Crippen LogP contribution in [0.1, 0.15) is 0 Å². The first-order valence-corrected chi connectivity index (χ1v) is 11.2. The Morgan fingerprint density at radius 1 is 0.444 bits per heavy atom. The quantitative estimate of drug-likeness (QED) is 0.214. The fourth-order valence-corrected chi connectivity index (χ4v) is 5.86. The van der Waals surface area contributed by atoms with Gasteiger partial charge in [-0.15, -0.1) is 0 Å². The molecule has 0 atom stereocenters. The lowest BCUT2D eigenvalue weighted by atomic mass is 10.1. The SMILES string of the molecule is Ic1ccc(-c2ccc(I)c(I)c2I)c(I)c1I. The number of halogens is 6. The second-order valence-corrected chi connectivity index (χ2v) is 10.1. The van der Waals surface area contributed by atoms with Gasteiger partial charge in [-0.3, -0.25) is 0 Å². The normalized spacial score (nSPS) is 10.8. The highest BCUT2D eigenvalue weighted by atomic mass is 127. The van der Waals surface area contributed by atoms with Gasteiger partial charge in [-0.25, -0.2) is 0 Å². The van der Waals surface area contributed by atoms with Crippen molar-refractivity contribution in [3.05, 3.63) is 45.7 Å². The predicted molar refractivity (Wildman–Crippen MR) is 128 cm³/mol. The number of rotatable bonds is 1. The Morgan fingerprint density at radius 2 is 0.778 bits per heavy atom. The molecule has 0 saturated heterocycles. The molecule has 2 aromatic rings. The van der Waals surface area contributed by atoms with E-state index in [1.807, 2.05) is 0 Å². The van der Waals surface area contributed by atoms with Gasteiger partial charge in [0.05, 0.1) is 0 Å². The van der Waals surface area contributed by atoms with Gasteiger partial charge in [-0.1, -0.05) is 12.1 Å². The number of hydrogen-bond acceptors (Lipinski definition) is 0. The third-order valence-electron chi connectivity index (χ3n) is 2.36. The summed E-state index contributed by atoms with van der Waals surface area (Å²) in [6.45, 7) is 0. The zero-order chi connectivity index (χ0) is 13.4. The Hall–Kier alpha value is 2.82. The van der Waals surface area contributed by atoms with E-state index in [1.165, 1.54) is 32.5 Å². The minimum atomic E-state index is 1.32. The minimum absolute atomic E-state index is 1.32. The van der Waals surface area contributed by atoms with Crippen molar-refractivity contribution in [3.8, 4) is 11.1 Å². The largest absolute Gasteiger partial charge is 0.0522 e. The van der Waals surface area contributed by atoms with E-state index in [0.29, 0.717) is 0 Å². The summed E-state index contributed by atoms with van der Waals surface area (Å²) < 4.78 is 8.00. The highest BCUT2D eigenvalue weighted by Crippen LogP contribution is 2.36. The molecule has 0 aliphatic carbocycles. The zero-order valence-corrected chi connectivity index (χ0v) is 21.5. The van der Waals surface area contributed by atoms with Gasteiger partial charge in [0, 0.05) is 21.4 Å². The Morgan fingerprint density at radius 3 is 1.11 bits per heavy atom. The van der Waals surface area contributed by atoms with Crippen molar-refractivity contribution in [1.82, 2.24) is 0 Å². The summed E-state index contributed by atoms with van der Waals surface area (Å²) in [6, 6.07) is 8.85. The van der Waals surface area contributed by atoms with Gasteiger partial charge in [0.15, 0.2) is 0 Å². The molecule has 2 rings (SSSR count). The lowest BCUT2D eigenvalue weighted by Gasteiger charge is -2.12. The van der Waals surface area contributed by atoms with Gasteiger partial charge in [-0.05, 0) is 159 Å². The molecule has 0 amide bonds. The Bertz CT molecular complexity index is 565. The van der Waals surface area contributed by atoms with Crippen molar-refractivity contribution in [2.24, 2.45) is 0 Å². The van der Waals surface area contributed by atoms with E-state index >= 15 is 0 Å². The molecule has 0 spiro atoms. The number of benzene rings is 2. The van der Waals surface area contributed by atoms with Crippen LogP contribution in [0.5, 0.6) is 0 Å². The van der Waals surface area contributed by atoms with E-state index in [9.17, 15) is 0 Å². The summed E-state index contributed by atoms with van der Waals surface area (Å²) in [5, 5.41) is 0. The van der Waals surface area contributed by atoms with E-state index in [-0.39, 0.29) is 0 Å². The van der Waals surface area contributed by atoms with Crippen LogP contribution in [-0.2, 0) is 0 Å². The third-order valence-corrected chi connectivity index (χ3v) is 12.8. The summed E-state index contributed by atoms with van der Waals surface area (Å²) >= 11 is 14.5. The third kappa shape index (κ3) is 3.59. The van der Waals surface area contributed by atoms with Crippen LogP contribution in [0.2, 0.25) is 0 Å². The maximum Gasteiger partial charge on any atom is 0.0403 e. The van der Waals surface area contributed by atoms with Gasteiger partial charge < -0.3 is 0 Å². The van der Waals surface area contributed by atoms with Crippen molar-refractivity contribution >= 4 is 136 Å². The van der Waals surface area contributed by atoms with Crippen LogP contribution < -0.4 is 0 Å². The van der Waals surface area contributed by atoms with E-state index < -0.39 is 0 Å². The Balaban J connectivity index is 2.71. The van der Waals surface area contributed by atoms with Crippen LogP contribution in [0, 0.1) is 21.4 Å². The van der Waals surface area contributed by atoms with E-state index in [4.69, 9.17) is 0 Å². The molecule has 0 aliphatic rings. The molecule has 0 fully saturated rings. The summed E-state index contributed by atoms with van der Waals surface area (Å²) in [4.78, 5) is 0. The molecule has 0 bridgehead atoms. The molecule has 0 heterocycles. The molecule has 18 heavy (non-hydrogen) atoms. The lowest BCUT2D eigenvalue weighted by Crippen LogP contribution is -1.95. The minimum Gasteiger partial charge on any atom is -0.0522 e. The standard InChI is InChI=1S/C12H4I6/c13-7-3-1-5(9(15)11(7)17)6-2-4-8(14)12(18)10(6)16/h1-4H. The van der Waals surface area contributed by atoms with Gasteiger partial charge >= 0.3 is 0 Å². The molecule has 0 saturated carbocycles. The van der Waals surface area contributed by atoms with Gasteiger partial charge in [-0.2, -0.15) is 0 Å². The molecule has 0 unspecified atom stereocenters. The Labute approximate surface area is 188 Å². The average Bonchev–Trinajstić information content (AvgIpc) is 2.35. The monoisotopic (exact) mass is 909 g/mol. The molecule has 0 N–H and O–H groups in total. The van der Waals surface area contributed by atoms with Crippen LogP contribution in [0.3, 0.4) is 0 Å². The molecule has 0 radical (unpaired) electrons. The first kappa shape index (κ1) is 17.2. The van der Waals surface area contributed by atoms with Crippen LogP contribution in [0.15, 0.2) is 24.3 Å². The fourth-order valence-electron chi connectivity index (χ4n) is 1.47. The second kappa shape index (κ2) is 7.39. The first-order chi connectivity index (χ1) is 8.43. The van der Waals surface area contributed by atoms with Gasteiger partial charge in [0.1, 0.15) is 0 Å². The van der Waals surface area contributed by atoms with E-state index in [2.05, 4.69) is 160 Å². The summed E-state index contributed by atoms with van der Waals surface area (Å²) in [5.74, 6) is 0. The van der Waals surface area contributed by atoms with Gasteiger partial charge in [0.25, 0.3) is 0 Å². The molecule has 6 heteroatoms. The Kier molecular flexibility index (Phi) is 7.05. The van der Waals surface area contributed by atoms with Crippen molar-refractivity contribution in [2.45, 2.75) is 0 Å². The average molecular weight is 910 g/mol. The highest BCUT2D eigenvalue weighted by molar-refractivity contribution is 14.1. The molecular weight excluding hydrogens is 906 g/mol. The van der Waals surface area contributed by atoms with Crippen LogP contribution >= 0.6 is 136 Å². The summed E-state index contributed by atoms with van der Waals surface area (Å²) in [7, 11) is 0. The van der Waals surface area contributed by atoms with Crippen LogP contribution in [0.25, 0.3) is 11.1 Å². The van der Waals surface area contributed by atoms with E-state index in [0.717, 1.165) is 0 Å². The van der Waals surface area contributed by atoms with Gasteiger partial charge in [0.2, 0.25) is 0 Å². The van der Waals surface area contributed by atoms with E-state index in [1.54, 1.807) is 0 Å². The maximum absolute atomic E-state index is 2.45. The van der Waals surface area contributed by atoms with Crippen LogP contribution in [-0.4, -0.2) is 0 Å². The molecule has 0 aliphatic heterocycles. The molecule has 94 valence electrons. The summed E-state index contributed by atoms with van der Waals surface area (Å²) in [5.41, 5.74) is 2.67.